The van der Waals surface area contributed by atoms with Crippen molar-refractivity contribution >= 4 is 28.6 Å². The Morgan fingerprint density at radius 2 is 2.26 bits per heavy atom. The highest BCUT2D eigenvalue weighted by molar-refractivity contribution is 7.09. The molecule has 1 aliphatic heterocycles. The van der Waals surface area contributed by atoms with Crippen molar-refractivity contribution in [3.05, 3.63) is 5.82 Å². The fourth-order valence-corrected chi connectivity index (χ4v) is 2.63. The minimum atomic E-state index is -0.396. The average Bonchev–Trinajstić information content (AvgIpc) is 2.77. The first-order chi connectivity index (χ1) is 9.02. The largest absolute Gasteiger partial charge is 0.342 e. The fraction of sp³-hybridized carbons (Fsp3) is 0.636. The van der Waals surface area contributed by atoms with Gasteiger partial charge in [0.25, 0.3) is 0 Å². The first-order valence-electron chi connectivity index (χ1n) is 6.15. The lowest BCUT2D eigenvalue weighted by Gasteiger charge is -2.38. The van der Waals surface area contributed by atoms with Gasteiger partial charge >= 0.3 is 6.03 Å². The maximum atomic E-state index is 12.2. The number of anilines is 1. The van der Waals surface area contributed by atoms with Gasteiger partial charge in [-0.05, 0) is 13.3 Å². The van der Waals surface area contributed by atoms with Gasteiger partial charge in [0.1, 0.15) is 11.9 Å². The maximum absolute atomic E-state index is 12.2. The monoisotopic (exact) mass is 283 g/mol. The minimum Gasteiger partial charge on any atom is -0.342 e. The number of likely N-dealkylation sites (N-methyl/N-ethyl adjacent to an activating group) is 1. The Morgan fingerprint density at radius 3 is 2.84 bits per heavy atom. The predicted octanol–water partition coefficient (Wildman–Crippen LogP) is 0.931. The van der Waals surface area contributed by atoms with E-state index in [-0.39, 0.29) is 11.9 Å². The van der Waals surface area contributed by atoms with Gasteiger partial charge in [0.15, 0.2) is 0 Å². The van der Waals surface area contributed by atoms with Crippen molar-refractivity contribution in [2.75, 3.05) is 25.5 Å². The van der Waals surface area contributed by atoms with Crippen LogP contribution in [0.4, 0.5) is 9.93 Å². The molecule has 0 radical (unpaired) electrons. The Morgan fingerprint density at radius 1 is 1.53 bits per heavy atom. The zero-order valence-electron chi connectivity index (χ0n) is 11.2. The highest BCUT2D eigenvalue weighted by atomic mass is 32.1. The molecule has 19 heavy (non-hydrogen) atoms. The summed E-state index contributed by atoms with van der Waals surface area (Å²) in [4.78, 5) is 31.5. The van der Waals surface area contributed by atoms with Crippen LogP contribution in [0.15, 0.2) is 0 Å². The van der Waals surface area contributed by atoms with E-state index in [1.165, 1.54) is 0 Å². The zero-order valence-corrected chi connectivity index (χ0v) is 12.0. The Hall–Kier alpha value is -1.70. The van der Waals surface area contributed by atoms with E-state index in [9.17, 15) is 9.59 Å². The molecule has 0 spiro atoms. The molecule has 8 heteroatoms. The molecule has 1 aromatic rings. The van der Waals surface area contributed by atoms with Crippen molar-refractivity contribution in [1.29, 1.82) is 0 Å². The Labute approximate surface area is 115 Å². The van der Waals surface area contributed by atoms with Gasteiger partial charge < -0.3 is 9.80 Å². The molecule has 0 saturated carbocycles. The summed E-state index contributed by atoms with van der Waals surface area (Å²) in [5, 5.41) is 3.16. The number of rotatable bonds is 2. The molecule has 2 heterocycles. The predicted molar refractivity (Wildman–Crippen MR) is 72.1 cm³/mol. The molecule has 0 aliphatic carbocycles. The van der Waals surface area contributed by atoms with E-state index in [4.69, 9.17) is 0 Å². The molecule has 0 bridgehead atoms. The van der Waals surface area contributed by atoms with Gasteiger partial charge in [-0.25, -0.2) is 9.78 Å². The van der Waals surface area contributed by atoms with Crippen LogP contribution in [0.2, 0.25) is 0 Å². The molecule has 1 atom stereocenters. The highest BCUT2D eigenvalue weighted by Crippen LogP contribution is 2.16. The number of carbonyl (C=O) groups is 2. The molecule has 1 saturated heterocycles. The van der Waals surface area contributed by atoms with Crippen LogP contribution in [-0.2, 0) is 4.79 Å². The topological polar surface area (TPSA) is 78.4 Å². The van der Waals surface area contributed by atoms with Crippen molar-refractivity contribution in [2.24, 2.45) is 0 Å². The van der Waals surface area contributed by atoms with Crippen molar-refractivity contribution in [3.8, 4) is 0 Å². The van der Waals surface area contributed by atoms with Crippen molar-refractivity contribution in [1.82, 2.24) is 19.2 Å². The van der Waals surface area contributed by atoms with Crippen LogP contribution in [0.3, 0.4) is 0 Å². The van der Waals surface area contributed by atoms with Gasteiger partial charge in [0, 0.05) is 31.7 Å². The molecule has 1 aliphatic rings. The molecular formula is C11H17N5O2S. The van der Waals surface area contributed by atoms with Crippen LogP contribution in [0.5, 0.6) is 0 Å². The van der Waals surface area contributed by atoms with Crippen molar-refractivity contribution < 1.29 is 9.59 Å². The third kappa shape index (κ3) is 2.83. The number of piperazine rings is 1. The summed E-state index contributed by atoms with van der Waals surface area (Å²) in [5.41, 5.74) is 0. The van der Waals surface area contributed by atoms with Gasteiger partial charge in [-0.3, -0.25) is 10.1 Å². The summed E-state index contributed by atoms with van der Waals surface area (Å²) < 4.78 is 4.00. The number of urea groups is 1. The summed E-state index contributed by atoms with van der Waals surface area (Å²) in [7, 11) is 1.76. The molecule has 0 unspecified atom stereocenters. The quantitative estimate of drug-likeness (QED) is 0.876. The lowest BCUT2D eigenvalue weighted by Crippen LogP contribution is -2.58. The SMILES string of the molecule is CC[C@H]1C(=O)N(C)CCN1C(=O)Nc1nc(C)ns1. The van der Waals surface area contributed by atoms with E-state index in [2.05, 4.69) is 14.7 Å². The van der Waals surface area contributed by atoms with Crippen LogP contribution in [0.1, 0.15) is 19.2 Å². The van der Waals surface area contributed by atoms with Crippen LogP contribution >= 0.6 is 11.5 Å². The summed E-state index contributed by atoms with van der Waals surface area (Å²) in [6.07, 6.45) is 0.603. The highest BCUT2D eigenvalue weighted by Gasteiger charge is 2.34. The van der Waals surface area contributed by atoms with Gasteiger partial charge in [-0.1, -0.05) is 6.92 Å². The van der Waals surface area contributed by atoms with Crippen LogP contribution in [0, 0.1) is 6.92 Å². The maximum Gasteiger partial charge on any atom is 0.324 e. The molecule has 0 aromatic carbocycles. The van der Waals surface area contributed by atoms with Gasteiger partial charge in [-0.2, -0.15) is 4.37 Å². The summed E-state index contributed by atoms with van der Waals surface area (Å²) in [6, 6.07) is -0.683. The first kappa shape index (κ1) is 13.7. The second kappa shape index (κ2) is 5.52. The number of nitrogens with zero attached hydrogens (tertiary/aromatic N) is 4. The average molecular weight is 283 g/mol. The fourth-order valence-electron chi connectivity index (χ4n) is 2.06. The normalized spacial score (nSPS) is 19.7. The third-order valence-corrected chi connectivity index (χ3v) is 3.82. The molecule has 2 rings (SSSR count). The van der Waals surface area contributed by atoms with Crippen LogP contribution in [-0.4, -0.2) is 57.3 Å². The molecule has 1 fully saturated rings. The number of nitrogens with one attached hydrogen (secondary N) is 1. The number of amides is 3. The van der Waals surface area contributed by atoms with E-state index in [0.29, 0.717) is 30.5 Å². The Balaban J connectivity index is 2.07. The zero-order chi connectivity index (χ0) is 14.0. The standard InChI is InChI=1S/C11H17N5O2S/c1-4-8-9(17)15(3)5-6-16(8)11(18)13-10-12-7(2)14-19-10/h8H,4-6H2,1-3H3,(H,12,13,14,18)/t8-/m0/s1. The lowest BCUT2D eigenvalue weighted by atomic mass is 10.1. The summed E-state index contributed by atoms with van der Waals surface area (Å²) in [6.45, 7) is 4.75. The molecule has 1 aromatic heterocycles. The van der Waals surface area contributed by atoms with E-state index in [0.717, 1.165) is 11.5 Å². The van der Waals surface area contributed by atoms with Crippen molar-refractivity contribution in [3.63, 3.8) is 0 Å². The minimum absolute atomic E-state index is 0.0163. The van der Waals surface area contributed by atoms with E-state index >= 15 is 0 Å². The van der Waals surface area contributed by atoms with Gasteiger partial charge in [0.2, 0.25) is 11.0 Å². The first-order valence-corrected chi connectivity index (χ1v) is 6.93. The summed E-state index contributed by atoms with van der Waals surface area (Å²) >= 11 is 1.14. The second-order valence-electron chi connectivity index (χ2n) is 4.45. The smallest absolute Gasteiger partial charge is 0.324 e. The van der Waals surface area contributed by atoms with Gasteiger partial charge in [0.05, 0.1) is 0 Å². The molecule has 104 valence electrons. The van der Waals surface area contributed by atoms with E-state index in [1.807, 2.05) is 6.92 Å². The lowest BCUT2D eigenvalue weighted by molar-refractivity contribution is -0.138. The molecular weight excluding hydrogens is 266 g/mol. The van der Waals surface area contributed by atoms with Gasteiger partial charge in [-0.15, -0.1) is 0 Å². The number of hydrogen-bond acceptors (Lipinski definition) is 5. The molecule has 7 nitrogen and oxygen atoms in total. The number of aromatic nitrogens is 2. The van der Waals surface area contributed by atoms with Crippen LogP contribution in [0.25, 0.3) is 0 Å². The second-order valence-corrected chi connectivity index (χ2v) is 5.21. The third-order valence-electron chi connectivity index (χ3n) is 3.10. The number of aryl methyl sites for hydroxylation is 1. The Kier molecular flexibility index (Phi) is 3.98. The van der Waals surface area contributed by atoms with E-state index < -0.39 is 6.04 Å². The summed E-state index contributed by atoms with van der Waals surface area (Å²) in [5.74, 6) is 0.610. The molecule has 3 amide bonds. The number of carbonyl (C=O) groups excluding carboxylic acids is 2. The number of hydrogen-bond donors (Lipinski definition) is 1. The van der Waals surface area contributed by atoms with Crippen molar-refractivity contribution in [2.45, 2.75) is 26.3 Å². The van der Waals surface area contributed by atoms with Crippen LogP contribution < -0.4 is 5.32 Å². The molecule has 1 N–H and O–H groups in total. The Bertz CT molecular complexity index is 489. The van der Waals surface area contributed by atoms with E-state index in [1.54, 1.807) is 23.8 Å².